The third kappa shape index (κ3) is 4.17. The highest BCUT2D eigenvalue weighted by atomic mass is 35.5. The molecule has 2 N–H and O–H groups in total. The summed E-state index contributed by atoms with van der Waals surface area (Å²) in [6.07, 6.45) is 2.51. The van der Waals surface area contributed by atoms with Gasteiger partial charge in [0.15, 0.2) is 0 Å². The van der Waals surface area contributed by atoms with Crippen molar-refractivity contribution >= 4 is 22.4 Å². The number of nitrogens with zero attached hydrogens (tertiary/aromatic N) is 1. The van der Waals surface area contributed by atoms with Gasteiger partial charge in [0.1, 0.15) is 0 Å². The molecule has 1 aromatic rings. The molecule has 1 aliphatic rings. The van der Waals surface area contributed by atoms with Crippen molar-refractivity contribution in [2.75, 3.05) is 26.8 Å². The van der Waals surface area contributed by atoms with Crippen LogP contribution in [-0.4, -0.2) is 45.6 Å². The summed E-state index contributed by atoms with van der Waals surface area (Å²) in [5.74, 6) is 0. The summed E-state index contributed by atoms with van der Waals surface area (Å²) in [6.45, 7) is 1.58. The number of halogens is 1. The molecular weight excluding hydrogens is 312 g/mol. The lowest BCUT2D eigenvalue weighted by Gasteiger charge is -2.22. The molecule has 1 aromatic carbocycles. The molecule has 1 fully saturated rings. The van der Waals surface area contributed by atoms with E-state index < -0.39 is 10.0 Å². The molecule has 5 nitrogen and oxygen atoms in total. The van der Waals surface area contributed by atoms with Gasteiger partial charge >= 0.3 is 0 Å². The van der Waals surface area contributed by atoms with Gasteiger partial charge in [0.25, 0.3) is 0 Å². The van der Waals surface area contributed by atoms with E-state index in [1.165, 1.54) is 4.31 Å². The van der Waals surface area contributed by atoms with Gasteiger partial charge in [-0.15, -0.1) is 12.4 Å². The van der Waals surface area contributed by atoms with Crippen LogP contribution in [0.4, 0.5) is 0 Å². The van der Waals surface area contributed by atoms with Crippen LogP contribution in [0.25, 0.3) is 0 Å². The second-order valence-corrected chi connectivity index (χ2v) is 6.92. The third-order valence-corrected chi connectivity index (χ3v) is 5.69. The number of sulfonamides is 1. The maximum absolute atomic E-state index is 12.6. The first kappa shape index (κ1) is 18.4. The zero-order chi connectivity index (χ0) is 14.6. The summed E-state index contributed by atoms with van der Waals surface area (Å²) >= 11 is 0. The number of hydrogen-bond acceptors (Lipinski definition) is 4. The van der Waals surface area contributed by atoms with Crippen molar-refractivity contribution in [2.24, 2.45) is 5.73 Å². The van der Waals surface area contributed by atoms with Crippen molar-refractivity contribution in [3.8, 4) is 0 Å². The first-order valence-electron chi connectivity index (χ1n) is 6.89. The van der Waals surface area contributed by atoms with Crippen LogP contribution in [0.2, 0.25) is 0 Å². The van der Waals surface area contributed by atoms with E-state index in [-0.39, 0.29) is 18.4 Å². The first-order valence-corrected chi connectivity index (χ1v) is 8.33. The molecule has 1 atom stereocenters. The van der Waals surface area contributed by atoms with Gasteiger partial charge in [0.05, 0.1) is 11.5 Å². The highest BCUT2D eigenvalue weighted by Crippen LogP contribution is 2.25. The zero-order valence-corrected chi connectivity index (χ0v) is 13.8. The standard InChI is InChI=1S/C14H22N2O3S.ClH/c1-19-10-8-12-4-6-14(7-5-12)20(17,18)16-9-2-3-13(16)11-15;/h4-7,13H,2-3,8-11,15H2,1H3;1H. The fraction of sp³-hybridized carbons (Fsp3) is 0.571. The summed E-state index contributed by atoms with van der Waals surface area (Å²) < 4.78 is 31.7. The summed E-state index contributed by atoms with van der Waals surface area (Å²) in [5, 5.41) is 0. The molecule has 0 aliphatic carbocycles. The van der Waals surface area contributed by atoms with E-state index in [9.17, 15) is 8.42 Å². The van der Waals surface area contributed by atoms with Crippen LogP contribution in [0.15, 0.2) is 29.2 Å². The third-order valence-electron chi connectivity index (χ3n) is 3.72. The van der Waals surface area contributed by atoms with Crippen LogP contribution in [0.1, 0.15) is 18.4 Å². The molecule has 0 spiro atoms. The summed E-state index contributed by atoms with van der Waals surface area (Å²) in [7, 11) is -1.76. The van der Waals surface area contributed by atoms with Crippen molar-refractivity contribution in [1.82, 2.24) is 4.31 Å². The number of rotatable bonds is 6. The van der Waals surface area contributed by atoms with Gasteiger partial charge in [0, 0.05) is 26.2 Å². The van der Waals surface area contributed by atoms with E-state index in [0.29, 0.717) is 24.6 Å². The largest absolute Gasteiger partial charge is 0.384 e. The van der Waals surface area contributed by atoms with Crippen LogP contribution < -0.4 is 5.73 Å². The summed E-state index contributed by atoms with van der Waals surface area (Å²) in [6, 6.07) is 6.98. The van der Waals surface area contributed by atoms with E-state index in [2.05, 4.69) is 0 Å². The molecule has 21 heavy (non-hydrogen) atoms. The van der Waals surface area contributed by atoms with Gasteiger partial charge in [0.2, 0.25) is 10.0 Å². The topological polar surface area (TPSA) is 72.6 Å². The van der Waals surface area contributed by atoms with Crippen LogP contribution in [0.3, 0.4) is 0 Å². The quantitative estimate of drug-likeness (QED) is 0.853. The fourth-order valence-electron chi connectivity index (χ4n) is 2.54. The second kappa shape index (κ2) is 8.10. The predicted molar refractivity (Wildman–Crippen MR) is 85.2 cm³/mol. The minimum atomic E-state index is -3.42. The second-order valence-electron chi connectivity index (χ2n) is 5.03. The highest BCUT2D eigenvalue weighted by Gasteiger charge is 2.34. The van der Waals surface area contributed by atoms with Crippen LogP contribution in [-0.2, 0) is 21.2 Å². The van der Waals surface area contributed by atoms with Crippen LogP contribution in [0.5, 0.6) is 0 Å². The molecule has 0 aromatic heterocycles. The minimum Gasteiger partial charge on any atom is -0.384 e. The molecule has 0 bridgehead atoms. The molecule has 0 saturated carbocycles. The fourth-order valence-corrected chi connectivity index (χ4v) is 4.25. The van der Waals surface area contributed by atoms with E-state index in [1.807, 2.05) is 12.1 Å². The van der Waals surface area contributed by atoms with Crippen molar-refractivity contribution in [1.29, 1.82) is 0 Å². The van der Waals surface area contributed by atoms with Crippen molar-refractivity contribution in [3.05, 3.63) is 29.8 Å². The normalized spacial score (nSPS) is 19.4. The molecular formula is C14H23ClN2O3S. The lowest BCUT2D eigenvalue weighted by Crippen LogP contribution is -2.39. The molecule has 0 amide bonds. The van der Waals surface area contributed by atoms with E-state index in [4.69, 9.17) is 10.5 Å². The molecule has 1 heterocycles. The summed E-state index contributed by atoms with van der Waals surface area (Å²) in [4.78, 5) is 0.346. The molecule has 7 heteroatoms. The monoisotopic (exact) mass is 334 g/mol. The van der Waals surface area contributed by atoms with E-state index >= 15 is 0 Å². The first-order chi connectivity index (χ1) is 9.59. The molecule has 120 valence electrons. The molecule has 1 saturated heterocycles. The average Bonchev–Trinajstić information content (AvgIpc) is 2.95. The number of ether oxygens (including phenoxy) is 1. The molecule has 1 aliphatic heterocycles. The summed E-state index contributed by atoms with van der Waals surface area (Å²) in [5.41, 5.74) is 6.73. The Morgan fingerprint density at radius 3 is 2.57 bits per heavy atom. The van der Waals surface area contributed by atoms with Gasteiger partial charge < -0.3 is 10.5 Å². The minimum absolute atomic E-state index is 0. The highest BCUT2D eigenvalue weighted by molar-refractivity contribution is 7.89. The Balaban J connectivity index is 0.00000220. The smallest absolute Gasteiger partial charge is 0.243 e. The van der Waals surface area contributed by atoms with Gasteiger partial charge in [-0.3, -0.25) is 0 Å². The van der Waals surface area contributed by atoms with Gasteiger partial charge in [-0.05, 0) is 37.0 Å². The van der Waals surface area contributed by atoms with Crippen molar-refractivity contribution in [2.45, 2.75) is 30.2 Å². The number of hydrogen-bond donors (Lipinski definition) is 1. The van der Waals surface area contributed by atoms with E-state index in [0.717, 1.165) is 24.8 Å². The molecule has 0 radical (unpaired) electrons. The molecule has 2 rings (SSSR count). The predicted octanol–water partition coefficient (Wildman–Crippen LogP) is 1.41. The lowest BCUT2D eigenvalue weighted by molar-refractivity contribution is 0.202. The Bertz CT molecular complexity index is 534. The van der Waals surface area contributed by atoms with Gasteiger partial charge in [-0.2, -0.15) is 4.31 Å². The van der Waals surface area contributed by atoms with Crippen molar-refractivity contribution in [3.63, 3.8) is 0 Å². The maximum Gasteiger partial charge on any atom is 0.243 e. The SMILES string of the molecule is COCCc1ccc(S(=O)(=O)N2CCCC2CN)cc1.Cl. The van der Waals surface area contributed by atoms with E-state index in [1.54, 1.807) is 19.2 Å². The Kier molecular flexibility index (Phi) is 7.09. The van der Waals surface area contributed by atoms with Crippen LogP contribution >= 0.6 is 12.4 Å². The van der Waals surface area contributed by atoms with Crippen molar-refractivity contribution < 1.29 is 13.2 Å². The number of methoxy groups -OCH3 is 1. The van der Waals surface area contributed by atoms with Crippen LogP contribution in [0, 0.1) is 0 Å². The Morgan fingerprint density at radius 1 is 1.33 bits per heavy atom. The van der Waals surface area contributed by atoms with Gasteiger partial charge in [-0.1, -0.05) is 12.1 Å². The Morgan fingerprint density at radius 2 is 2.00 bits per heavy atom. The number of nitrogens with two attached hydrogens (primary N) is 1. The Labute approximate surface area is 132 Å². The Hall–Kier alpha value is -0.660. The lowest BCUT2D eigenvalue weighted by atomic mass is 10.2. The number of benzene rings is 1. The maximum atomic E-state index is 12.6. The zero-order valence-electron chi connectivity index (χ0n) is 12.2. The average molecular weight is 335 g/mol. The molecule has 1 unspecified atom stereocenters. The van der Waals surface area contributed by atoms with Gasteiger partial charge in [-0.25, -0.2) is 8.42 Å².